The molecule has 0 bridgehead atoms. The summed E-state index contributed by atoms with van der Waals surface area (Å²) in [6.07, 6.45) is 15.5. The number of oxazole rings is 1. The zero-order valence-electron chi connectivity index (χ0n) is 22.5. The highest BCUT2D eigenvalue weighted by atomic mass is 32.2. The second-order valence-corrected chi connectivity index (χ2v) is 13.8. The summed E-state index contributed by atoms with van der Waals surface area (Å²) in [6, 6.07) is 0.0928. The number of hydrogen-bond donors (Lipinski definition) is 0. The lowest BCUT2D eigenvalue weighted by atomic mass is 9.88. The van der Waals surface area contributed by atoms with Gasteiger partial charge in [-0.3, -0.25) is 14.5 Å². The molecule has 37 heavy (non-hydrogen) atoms. The fourth-order valence-electron chi connectivity index (χ4n) is 7.44. The van der Waals surface area contributed by atoms with Crippen LogP contribution in [-0.2, 0) is 21.4 Å². The molecule has 206 valence electrons. The first-order chi connectivity index (χ1) is 17.7. The van der Waals surface area contributed by atoms with Crippen molar-refractivity contribution in [3.8, 4) is 0 Å². The van der Waals surface area contributed by atoms with Gasteiger partial charge in [0, 0.05) is 18.6 Å². The maximum Gasteiger partial charge on any atom is 0.276 e. The van der Waals surface area contributed by atoms with Gasteiger partial charge in [-0.15, -0.1) is 0 Å². The largest absolute Gasteiger partial charge is 0.447 e. The molecule has 4 fully saturated rings. The monoisotopic (exact) mass is 534 g/mol. The van der Waals surface area contributed by atoms with Gasteiger partial charge in [-0.25, -0.2) is 17.7 Å². The molecule has 4 aliphatic rings. The SMILES string of the molecule is CC(C)[C@H]1C(=O)N(S(C)(=O)=O)[C@H]2CCN(C(=O)c3coc(CN(C4CCCCC4)C4CCCCC4)n3)[C@H]12. The molecule has 0 radical (unpaired) electrons. The summed E-state index contributed by atoms with van der Waals surface area (Å²) < 4.78 is 31.8. The summed E-state index contributed by atoms with van der Waals surface area (Å²) in [5, 5.41) is 0. The number of carbonyl (C=O) groups is 2. The number of sulfonamides is 1. The van der Waals surface area contributed by atoms with Crippen molar-refractivity contribution in [3.63, 3.8) is 0 Å². The molecule has 3 heterocycles. The van der Waals surface area contributed by atoms with Gasteiger partial charge in [0.25, 0.3) is 5.91 Å². The van der Waals surface area contributed by atoms with Crippen molar-refractivity contribution in [1.82, 2.24) is 19.1 Å². The van der Waals surface area contributed by atoms with Gasteiger partial charge in [0.05, 0.1) is 30.8 Å². The Hall–Kier alpha value is -1.94. The lowest BCUT2D eigenvalue weighted by Crippen LogP contribution is -2.45. The van der Waals surface area contributed by atoms with Crippen molar-refractivity contribution in [2.75, 3.05) is 12.8 Å². The molecule has 1 aromatic rings. The summed E-state index contributed by atoms with van der Waals surface area (Å²) >= 11 is 0. The van der Waals surface area contributed by atoms with Crippen molar-refractivity contribution in [2.24, 2.45) is 11.8 Å². The maximum atomic E-state index is 13.6. The number of rotatable bonds is 7. The fourth-order valence-corrected chi connectivity index (χ4v) is 8.61. The van der Waals surface area contributed by atoms with Gasteiger partial charge in [0.15, 0.2) is 5.69 Å². The van der Waals surface area contributed by atoms with E-state index in [-0.39, 0.29) is 17.5 Å². The highest BCUT2D eigenvalue weighted by molar-refractivity contribution is 7.88. The summed E-state index contributed by atoms with van der Waals surface area (Å²) in [5.74, 6) is -0.756. The average Bonchev–Trinajstić information content (AvgIpc) is 3.57. The molecule has 0 spiro atoms. The summed E-state index contributed by atoms with van der Waals surface area (Å²) in [6.45, 7) is 4.83. The first-order valence-electron chi connectivity index (χ1n) is 14.2. The third-order valence-corrected chi connectivity index (χ3v) is 10.3. The highest BCUT2D eigenvalue weighted by Crippen LogP contribution is 2.41. The van der Waals surface area contributed by atoms with E-state index in [0.29, 0.717) is 37.5 Å². The normalized spacial score (nSPS) is 28.0. The summed E-state index contributed by atoms with van der Waals surface area (Å²) in [7, 11) is -3.71. The molecule has 2 aliphatic carbocycles. The van der Waals surface area contributed by atoms with Crippen LogP contribution in [0.5, 0.6) is 0 Å². The van der Waals surface area contributed by atoms with Gasteiger partial charge in [0.2, 0.25) is 21.8 Å². The Labute approximate surface area is 221 Å². The smallest absolute Gasteiger partial charge is 0.276 e. The number of fused-ring (bicyclic) bond motifs is 1. The van der Waals surface area contributed by atoms with Crippen molar-refractivity contribution >= 4 is 21.8 Å². The number of likely N-dealkylation sites (tertiary alicyclic amines) is 1. The molecule has 2 saturated heterocycles. The Morgan fingerprint density at radius 2 is 1.65 bits per heavy atom. The van der Waals surface area contributed by atoms with Crippen molar-refractivity contribution < 1.29 is 22.4 Å². The number of hydrogen-bond acceptors (Lipinski definition) is 7. The molecule has 0 N–H and O–H groups in total. The third-order valence-electron chi connectivity index (χ3n) is 9.10. The molecular weight excluding hydrogens is 492 g/mol. The van der Waals surface area contributed by atoms with Gasteiger partial charge in [-0.2, -0.15) is 0 Å². The first-order valence-corrected chi connectivity index (χ1v) is 16.1. The van der Waals surface area contributed by atoms with Crippen molar-refractivity contribution in [3.05, 3.63) is 17.8 Å². The Bertz CT molecular complexity index is 1070. The van der Waals surface area contributed by atoms with E-state index in [2.05, 4.69) is 9.88 Å². The summed E-state index contributed by atoms with van der Waals surface area (Å²) in [4.78, 5) is 35.6. The maximum absolute atomic E-state index is 13.6. The molecule has 5 rings (SSSR count). The number of amides is 2. The lowest BCUT2D eigenvalue weighted by molar-refractivity contribution is -0.129. The van der Waals surface area contributed by atoms with Crippen LogP contribution in [0.2, 0.25) is 0 Å². The van der Waals surface area contributed by atoms with Crippen LogP contribution in [0.3, 0.4) is 0 Å². The molecule has 3 atom stereocenters. The second kappa shape index (κ2) is 10.7. The molecule has 2 amide bonds. The molecule has 0 unspecified atom stereocenters. The fraction of sp³-hybridized carbons (Fsp3) is 0.815. The van der Waals surface area contributed by atoms with Gasteiger partial charge in [-0.1, -0.05) is 52.4 Å². The minimum Gasteiger partial charge on any atom is -0.447 e. The molecule has 0 aromatic carbocycles. The van der Waals surface area contributed by atoms with Crippen LogP contribution in [0, 0.1) is 11.8 Å². The zero-order valence-corrected chi connectivity index (χ0v) is 23.3. The standard InChI is InChI=1S/C27H42N4O5S/c1-18(2)24-25-22(31(27(24)33)37(3,34)35)14-15-29(25)26(32)21-17-36-23(28-21)16-30(19-10-6-4-7-11-19)20-12-8-5-9-13-20/h17-20,22,24-25H,4-16H2,1-3H3/t22-,24+,25-/m0/s1. The van der Waals surface area contributed by atoms with E-state index in [1.165, 1.54) is 70.5 Å². The van der Waals surface area contributed by atoms with Crippen LogP contribution >= 0.6 is 0 Å². The van der Waals surface area contributed by atoms with E-state index in [9.17, 15) is 18.0 Å². The molecule has 1 aromatic heterocycles. The van der Waals surface area contributed by atoms with Gasteiger partial charge >= 0.3 is 0 Å². The van der Waals surface area contributed by atoms with E-state index in [4.69, 9.17) is 4.42 Å². The lowest BCUT2D eigenvalue weighted by Gasteiger charge is -2.41. The Morgan fingerprint density at radius 3 is 2.19 bits per heavy atom. The van der Waals surface area contributed by atoms with Gasteiger partial charge < -0.3 is 9.32 Å². The topological polar surface area (TPSA) is 104 Å². The highest BCUT2D eigenvalue weighted by Gasteiger charge is 2.58. The zero-order chi connectivity index (χ0) is 26.3. The van der Waals surface area contributed by atoms with Crippen LogP contribution < -0.4 is 0 Å². The Balaban J connectivity index is 1.34. The van der Waals surface area contributed by atoms with Crippen LogP contribution in [0.25, 0.3) is 0 Å². The molecule has 2 aliphatic heterocycles. The third kappa shape index (κ3) is 5.20. The van der Waals surface area contributed by atoms with Gasteiger partial charge in [0.1, 0.15) is 6.26 Å². The molecular formula is C27H42N4O5S. The Morgan fingerprint density at radius 1 is 1.05 bits per heavy atom. The molecule has 9 nitrogen and oxygen atoms in total. The average molecular weight is 535 g/mol. The minimum atomic E-state index is -3.71. The van der Waals surface area contributed by atoms with E-state index < -0.39 is 33.9 Å². The van der Waals surface area contributed by atoms with Crippen molar-refractivity contribution in [2.45, 2.75) is 115 Å². The quantitative estimate of drug-likeness (QED) is 0.524. The van der Waals surface area contributed by atoms with E-state index in [1.54, 1.807) is 4.90 Å². The van der Waals surface area contributed by atoms with E-state index in [0.717, 1.165) is 10.6 Å². The van der Waals surface area contributed by atoms with Crippen LogP contribution in [-0.4, -0.2) is 76.3 Å². The number of carbonyl (C=O) groups excluding carboxylic acids is 2. The van der Waals surface area contributed by atoms with Crippen LogP contribution in [0.15, 0.2) is 10.7 Å². The van der Waals surface area contributed by atoms with Crippen LogP contribution in [0.1, 0.15) is 101 Å². The first kappa shape index (κ1) is 26.7. The van der Waals surface area contributed by atoms with E-state index >= 15 is 0 Å². The van der Waals surface area contributed by atoms with Crippen molar-refractivity contribution in [1.29, 1.82) is 0 Å². The minimum absolute atomic E-state index is 0.0902. The number of aromatic nitrogens is 1. The van der Waals surface area contributed by atoms with Gasteiger partial charge in [-0.05, 0) is 38.0 Å². The summed E-state index contributed by atoms with van der Waals surface area (Å²) in [5.41, 5.74) is 0.246. The molecule has 10 heteroatoms. The van der Waals surface area contributed by atoms with E-state index in [1.807, 2.05) is 13.8 Å². The second-order valence-electron chi connectivity index (χ2n) is 11.9. The number of nitrogens with zero attached hydrogens (tertiary/aromatic N) is 4. The predicted octanol–water partition coefficient (Wildman–Crippen LogP) is 3.80. The van der Waals surface area contributed by atoms with Crippen LogP contribution in [0.4, 0.5) is 0 Å². The predicted molar refractivity (Wildman–Crippen MR) is 139 cm³/mol. The Kier molecular flexibility index (Phi) is 7.69. The molecule has 2 saturated carbocycles.